The smallest absolute Gasteiger partial charge is 0.180 e. The van der Waals surface area contributed by atoms with Crippen LogP contribution >= 0.6 is 0 Å². The van der Waals surface area contributed by atoms with Gasteiger partial charge in [0, 0.05) is 24.5 Å². The van der Waals surface area contributed by atoms with Crippen molar-refractivity contribution in [3.05, 3.63) is 59.9 Å². The van der Waals surface area contributed by atoms with Crippen LogP contribution in [0.1, 0.15) is 11.3 Å². The molecule has 2 heterocycles. The maximum Gasteiger partial charge on any atom is 0.180 e. The molecule has 0 N–H and O–H groups in total. The van der Waals surface area contributed by atoms with Crippen LogP contribution in [0.2, 0.25) is 0 Å². The number of aromatic nitrogens is 3. The summed E-state index contributed by atoms with van der Waals surface area (Å²) in [6, 6.07) is 13.4. The molecule has 3 rings (SSSR count). The van der Waals surface area contributed by atoms with Crippen LogP contribution in [-0.2, 0) is 0 Å². The Hall–Kier alpha value is -3.15. The molecular weight excluding hydrogens is 340 g/mol. The van der Waals surface area contributed by atoms with Crippen LogP contribution in [0.25, 0.3) is 11.5 Å². The highest BCUT2D eigenvalue weighted by atomic mass is 16.5. The molecule has 0 aliphatic heterocycles. The van der Waals surface area contributed by atoms with Gasteiger partial charge in [0.25, 0.3) is 0 Å². The zero-order chi connectivity index (χ0) is 19.2. The van der Waals surface area contributed by atoms with E-state index in [0.29, 0.717) is 19.0 Å². The lowest BCUT2D eigenvalue weighted by molar-refractivity contribution is 0.300. The van der Waals surface area contributed by atoms with Crippen LogP contribution in [-0.4, -0.2) is 42.3 Å². The van der Waals surface area contributed by atoms with E-state index < -0.39 is 0 Å². The zero-order valence-corrected chi connectivity index (χ0v) is 16.1. The van der Waals surface area contributed by atoms with Crippen molar-refractivity contribution in [3.8, 4) is 23.0 Å². The first-order valence-corrected chi connectivity index (χ1v) is 8.83. The van der Waals surface area contributed by atoms with E-state index in [4.69, 9.17) is 14.5 Å². The molecule has 0 unspecified atom stereocenters. The van der Waals surface area contributed by atoms with Crippen molar-refractivity contribution in [2.75, 3.05) is 32.2 Å². The maximum atomic E-state index is 5.88. The number of para-hydroxylation sites is 2. The minimum absolute atomic E-state index is 0.512. The van der Waals surface area contributed by atoms with Gasteiger partial charge in [0.2, 0.25) is 0 Å². The van der Waals surface area contributed by atoms with Crippen molar-refractivity contribution >= 4 is 5.82 Å². The van der Waals surface area contributed by atoms with Gasteiger partial charge in [-0.1, -0.05) is 18.2 Å². The van der Waals surface area contributed by atoms with Crippen molar-refractivity contribution in [1.82, 2.24) is 15.0 Å². The molecule has 2 aromatic heterocycles. The molecule has 27 heavy (non-hydrogen) atoms. The number of hydrogen-bond acceptors (Lipinski definition) is 6. The third-order valence-corrected chi connectivity index (χ3v) is 4.37. The van der Waals surface area contributed by atoms with E-state index in [-0.39, 0.29) is 0 Å². The van der Waals surface area contributed by atoms with E-state index in [1.165, 1.54) is 0 Å². The molecule has 0 saturated heterocycles. The predicted molar refractivity (Wildman–Crippen MR) is 106 cm³/mol. The molecule has 1 aromatic carbocycles. The van der Waals surface area contributed by atoms with E-state index in [9.17, 15) is 0 Å². The van der Waals surface area contributed by atoms with Gasteiger partial charge < -0.3 is 14.4 Å². The molecule has 0 aliphatic carbocycles. The molecule has 0 aliphatic rings. The van der Waals surface area contributed by atoms with Gasteiger partial charge in [-0.15, -0.1) is 0 Å². The third kappa shape index (κ3) is 4.34. The Kier molecular flexibility index (Phi) is 5.86. The number of likely N-dealkylation sites (N-methyl/N-ethyl adjacent to an activating group) is 1. The first-order chi connectivity index (χ1) is 13.1. The van der Waals surface area contributed by atoms with E-state index in [2.05, 4.69) is 14.9 Å². The fourth-order valence-electron chi connectivity index (χ4n) is 2.73. The SMILES string of the molecule is COc1ccccc1OCCN(C)c1nc(-c2ccccn2)nc(C)c1C. The summed E-state index contributed by atoms with van der Waals surface area (Å²) >= 11 is 0. The van der Waals surface area contributed by atoms with Gasteiger partial charge in [-0.05, 0) is 38.1 Å². The molecule has 0 fully saturated rings. The summed E-state index contributed by atoms with van der Waals surface area (Å²) in [5.74, 6) is 2.97. The van der Waals surface area contributed by atoms with E-state index in [0.717, 1.165) is 34.3 Å². The van der Waals surface area contributed by atoms with E-state index in [1.807, 2.05) is 63.4 Å². The Morgan fingerprint density at radius 3 is 2.41 bits per heavy atom. The topological polar surface area (TPSA) is 60.4 Å². The number of nitrogens with zero attached hydrogens (tertiary/aromatic N) is 4. The lowest BCUT2D eigenvalue weighted by Gasteiger charge is -2.22. The molecule has 0 radical (unpaired) electrons. The molecule has 6 nitrogen and oxygen atoms in total. The standard InChI is InChI=1S/C21H24N4O2/c1-15-16(2)23-20(17-9-7-8-12-22-17)24-21(15)25(3)13-14-27-19-11-6-5-10-18(19)26-4/h5-12H,13-14H2,1-4H3. The Labute approximate surface area is 159 Å². The summed E-state index contributed by atoms with van der Waals surface area (Å²) in [5, 5.41) is 0. The summed E-state index contributed by atoms with van der Waals surface area (Å²) < 4.78 is 11.2. The van der Waals surface area contributed by atoms with Crippen molar-refractivity contribution < 1.29 is 9.47 Å². The summed E-state index contributed by atoms with van der Waals surface area (Å²) in [4.78, 5) is 15.8. The maximum absolute atomic E-state index is 5.88. The lowest BCUT2D eigenvalue weighted by Crippen LogP contribution is -2.26. The average molecular weight is 364 g/mol. The zero-order valence-electron chi connectivity index (χ0n) is 16.1. The molecule has 0 atom stereocenters. The van der Waals surface area contributed by atoms with Gasteiger partial charge in [0.1, 0.15) is 18.1 Å². The number of aryl methyl sites for hydroxylation is 1. The molecule has 140 valence electrons. The number of methoxy groups -OCH3 is 1. The number of ether oxygens (including phenoxy) is 2. The summed E-state index contributed by atoms with van der Waals surface area (Å²) in [6.07, 6.45) is 1.75. The summed E-state index contributed by atoms with van der Waals surface area (Å²) in [7, 11) is 3.64. The Bertz CT molecular complexity index is 900. The van der Waals surface area contributed by atoms with Gasteiger partial charge in [-0.2, -0.15) is 0 Å². The summed E-state index contributed by atoms with van der Waals surface area (Å²) in [5.41, 5.74) is 2.76. The number of benzene rings is 1. The molecule has 0 saturated carbocycles. The minimum atomic E-state index is 0.512. The first-order valence-electron chi connectivity index (χ1n) is 8.83. The van der Waals surface area contributed by atoms with Crippen LogP contribution in [0, 0.1) is 13.8 Å². The highest BCUT2D eigenvalue weighted by Crippen LogP contribution is 2.26. The van der Waals surface area contributed by atoms with Gasteiger partial charge in [0.05, 0.1) is 13.7 Å². The Balaban J connectivity index is 1.74. The van der Waals surface area contributed by atoms with Gasteiger partial charge in [-0.25, -0.2) is 9.97 Å². The minimum Gasteiger partial charge on any atom is -0.493 e. The van der Waals surface area contributed by atoms with Gasteiger partial charge in [-0.3, -0.25) is 4.98 Å². The third-order valence-electron chi connectivity index (χ3n) is 4.37. The van der Waals surface area contributed by atoms with Crippen LogP contribution in [0.15, 0.2) is 48.7 Å². The second-order valence-corrected chi connectivity index (χ2v) is 6.22. The van der Waals surface area contributed by atoms with Crippen LogP contribution in [0.5, 0.6) is 11.5 Å². The molecule has 3 aromatic rings. The highest BCUT2D eigenvalue weighted by Gasteiger charge is 2.14. The quantitative estimate of drug-likeness (QED) is 0.637. The lowest BCUT2D eigenvalue weighted by atomic mass is 10.2. The number of hydrogen-bond donors (Lipinski definition) is 0. The normalized spacial score (nSPS) is 10.5. The van der Waals surface area contributed by atoms with Crippen molar-refractivity contribution in [2.24, 2.45) is 0 Å². The average Bonchev–Trinajstić information content (AvgIpc) is 2.70. The molecule has 0 amide bonds. The Morgan fingerprint density at radius 1 is 0.963 bits per heavy atom. The van der Waals surface area contributed by atoms with Gasteiger partial charge in [0.15, 0.2) is 17.3 Å². The first kappa shape index (κ1) is 18.6. The van der Waals surface area contributed by atoms with E-state index >= 15 is 0 Å². The second kappa shape index (κ2) is 8.49. The van der Waals surface area contributed by atoms with Crippen LogP contribution < -0.4 is 14.4 Å². The Morgan fingerprint density at radius 2 is 1.70 bits per heavy atom. The van der Waals surface area contributed by atoms with Crippen LogP contribution in [0.3, 0.4) is 0 Å². The number of pyridine rings is 1. The number of anilines is 1. The van der Waals surface area contributed by atoms with Crippen LogP contribution in [0.4, 0.5) is 5.82 Å². The monoisotopic (exact) mass is 364 g/mol. The second-order valence-electron chi connectivity index (χ2n) is 6.22. The van der Waals surface area contributed by atoms with Crippen molar-refractivity contribution in [1.29, 1.82) is 0 Å². The molecule has 0 bridgehead atoms. The van der Waals surface area contributed by atoms with Crippen molar-refractivity contribution in [2.45, 2.75) is 13.8 Å². The fraction of sp³-hybridized carbons (Fsp3) is 0.286. The molecular formula is C21H24N4O2. The highest BCUT2D eigenvalue weighted by molar-refractivity contribution is 5.57. The predicted octanol–water partition coefficient (Wildman–Crippen LogP) is 3.68. The molecule has 0 spiro atoms. The van der Waals surface area contributed by atoms with Gasteiger partial charge >= 0.3 is 0 Å². The molecule has 6 heteroatoms. The fourth-order valence-corrected chi connectivity index (χ4v) is 2.73. The number of rotatable bonds is 7. The largest absolute Gasteiger partial charge is 0.493 e. The summed E-state index contributed by atoms with van der Waals surface area (Å²) in [6.45, 7) is 5.21. The van der Waals surface area contributed by atoms with E-state index in [1.54, 1.807) is 13.3 Å². The van der Waals surface area contributed by atoms with Crippen molar-refractivity contribution in [3.63, 3.8) is 0 Å².